The van der Waals surface area contributed by atoms with Crippen molar-refractivity contribution in [2.75, 3.05) is 13.1 Å². The van der Waals surface area contributed by atoms with E-state index in [4.69, 9.17) is 5.26 Å². The van der Waals surface area contributed by atoms with Gasteiger partial charge in [-0.3, -0.25) is 0 Å². The summed E-state index contributed by atoms with van der Waals surface area (Å²) in [6.07, 6.45) is 4.05. The van der Waals surface area contributed by atoms with E-state index >= 15 is 0 Å². The highest BCUT2D eigenvalue weighted by molar-refractivity contribution is 5.16. The van der Waals surface area contributed by atoms with Crippen LogP contribution in [-0.4, -0.2) is 23.1 Å². The second kappa shape index (κ2) is 5.04. The van der Waals surface area contributed by atoms with Gasteiger partial charge in [-0.05, 0) is 37.9 Å². The van der Waals surface area contributed by atoms with Gasteiger partial charge in [0.1, 0.15) is 6.07 Å². The summed E-state index contributed by atoms with van der Waals surface area (Å²) in [5, 5.41) is 12.1. The number of piperidine rings is 1. The molecule has 0 spiro atoms. The van der Waals surface area contributed by atoms with E-state index in [9.17, 15) is 0 Å². The summed E-state index contributed by atoms with van der Waals surface area (Å²) in [5.41, 5.74) is 0.999. The van der Waals surface area contributed by atoms with E-state index in [0.29, 0.717) is 11.8 Å². The van der Waals surface area contributed by atoms with Gasteiger partial charge in [0.2, 0.25) is 5.82 Å². The molecule has 0 aromatic carbocycles. The first-order valence-electron chi connectivity index (χ1n) is 5.75. The van der Waals surface area contributed by atoms with E-state index in [1.165, 1.54) is 12.8 Å². The molecule has 0 aliphatic carbocycles. The van der Waals surface area contributed by atoms with E-state index in [0.717, 1.165) is 18.8 Å². The van der Waals surface area contributed by atoms with Gasteiger partial charge in [-0.25, -0.2) is 9.97 Å². The fraction of sp³-hybridized carbons (Fsp3) is 0.583. The van der Waals surface area contributed by atoms with Gasteiger partial charge < -0.3 is 5.32 Å². The van der Waals surface area contributed by atoms with E-state index in [-0.39, 0.29) is 5.82 Å². The summed E-state index contributed by atoms with van der Waals surface area (Å²) in [7, 11) is 0. The maximum Gasteiger partial charge on any atom is 0.232 e. The summed E-state index contributed by atoms with van der Waals surface area (Å²) in [5.74, 6) is 1.36. The van der Waals surface area contributed by atoms with Gasteiger partial charge in [0.15, 0.2) is 0 Å². The lowest BCUT2D eigenvalue weighted by Gasteiger charge is -2.27. The SMILES string of the molecule is CC(c1ccnc(C#N)n1)C1CCNCC1. The van der Waals surface area contributed by atoms with E-state index in [1.54, 1.807) is 6.20 Å². The maximum atomic E-state index is 8.77. The fourth-order valence-corrected chi connectivity index (χ4v) is 2.27. The Morgan fingerprint density at radius 3 is 2.94 bits per heavy atom. The Bertz CT molecular complexity index is 390. The predicted molar refractivity (Wildman–Crippen MR) is 60.8 cm³/mol. The molecule has 16 heavy (non-hydrogen) atoms. The standard InChI is InChI=1S/C12H16N4/c1-9(10-2-5-14-6-3-10)11-4-7-15-12(8-13)16-11/h4,7,9-10,14H,2-3,5-6H2,1H3. The van der Waals surface area contributed by atoms with Crippen LogP contribution in [0.4, 0.5) is 0 Å². The molecule has 2 heterocycles. The Balaban J connectivity index is 2.13. The third-order valence-corrected chi connectivity index (χ3v) is 3.33. The Labute approximate surface area is 95.7 Å². The molecule has 0 bridgehead atoms. The molecule has 0 amide bonds. The van der Waals surface area contributed by atoms with Crippen LogP contribution in [-0.2, 0) is 0 Å². The Morgan fingerprint density at radius 2 is 2.25 bits per heavy atom. The van der Waals surface area contributed by atoms with E-state index < -0.39 is 0 Å². The lowest BCUT2D eigenvalue weighted by Crippen LogP contribution is -2.30. The molecule has 1 N–H and O–H groups in total. The molecule has 1 atom stereocenters. The summed E-state index contributed by atoms with van der Waals surface area (Å²) in [4.78, 5) is 8.17. The number of hydrogen-bond acceptors (Lipinski definition) is 4. The number of nitriles is 1. The Morgan fingerprint density at radius 1 is 1.50 bits per heavy atom. The minimum atomic E-state index is 0.276. The zero-order valence-electron chi connectivity index (χ0n) is 9.48. The third kappa shape index (κ3) is 2.37. The Kier molecular flexibility index (Phi) is 3.47. The van der Waals surface area contributed by atoms with Crippen LogP contribution in [0.2, 0.25) is 0 Å². The highest BCUT2D eigenvalue weighted by atomic mass is 14.9. The first kappa shape index (κ1) is 11.0. The van der Waals surface area contributed by atoms with Gasteiger partial charge in [-0.15, -0.1) is 0 Å². The molecular formula is C12H16N4. The van der Waals surface area contributed by atoms with Crippen molar-refractivity contribution in [2.24, 2.45) is 5.92 Å². The summed E-state index contributed by atoms with van der Waals surface area (Å²) in [6.45, 7) is 4.37. The van der Waals surface area contributed by atoms with Crippen LogP contribution < -0.4 is 5.32 Å². The van der Waals surface area contributed by atoms with Gasteiger partial charge in [0.05, 0.1) is 0 Å². The molecule has 0 saturated carbocycles. The predicted octanol–water partition coefficient (Wildman–Crippen LogP) is 1.45. The summed E-state index contributed by atoms with van der Waals surface area (Å²) >= 11 is 0. The molecule has 1 aromatic rings. The molecule has 1 unspecified atom stereocenters. The lowest BCUT2D eigenvalue weighted by atomic mass is 9.84. The van der Waals surface area contributed by atoms with Gasteiger partial charge in [0, 0.05) is 17.8 Å². The average molecular weight is 216 g/mol. The normalized spacial score (nSPS) is 19.0. The van der Waals surface area contributed by atoms with Crippen molar-refractivity contribution in [1.29, 1.82) is 5.26 Å². The number of hydrogen-bond donors (Lipinski definition) is 1. The van der Waals surface area contributed by atoms with Crippen LogP contribution >= 0.6 is 0 Å². The minimum absolute atomic E-state index is 0.276. The number of rotatable bonds is 2. The number of aromatic nitrogens is 2. The van der Waals surface area contributed by atoms with Crippen molar-refractivity contribution in [3.63, 3.8) is 0 Å². The molecule has 84 valence electrons. The molecule has 4 heteroatoms. The first-order chi connectivity index (χ1) is 7.81. The van der Waals surface area contributed by atoms with Crippen molar-refractivity contribution >= 4 is 0 Å². The summed E-state index contributed by atoms with van der Waals surface area (Å²) in [6, 6.07) is 3.91. The van der Waals surface area contributed by atoms with E-state index in [2.05, 4.69) is 22.2 Å². The van der Waals surface area contributed by atoms with Crippen LogP contribution in [0.3, 0.4) is 0 Å². The van der Waals surface area contributed by atoms with Crippen LogP contribution in [0, 0.1) is 17.2 Å². The molecule has 2 rings (SSSR count). The molecule has 1 aliphatic heterocycles. The number of nitrogens with zero attached hydrogens (tertiary/aromatic N) is 3. The first-order valence-corrected chi connectivity index (χ1v) is 5.75. The van der Waals surface area contributed by atoms with Crippen molar-refractivity contribution in [2.45, 2.75) is 25.7 Å². The molecule has 1 saturated heterocycles. The average Bonchev–Trinajstić information content (AvgIpc) is 2.39. The van der Waals surface area contributed by atoms with Gasteiger partial charge in [0.25, 0.3) is 0 Å². The molecule has 1 fully saturated rings. The molecule has 1 aromatic heterocycles. The molecule has 4 nitrogen and oxygen atoms in total. The highest BCUT2D eigenvalue weighted by Gasteiger charge is 2.22. The van der Waals surface area contributed by atoms with E-state index in [1.807, 2.05) is 12.1 Å². The van der Waals surface area contributed by atoms with Crippen molar-refractivity contribution in [3.05, 3.63) is 23.8 Å². The second-order valence-corrected chi connectivity index (χ2v) is 4.29. The highest BCUT2D eigenvalue weighted by Crippen LogP contribution is 2.29. The second-order valence-electron chi connectivity index (χ2n) is 4.29. The maximum absolute atomic E-state index is 8.77. The third-order valence-electron chi connectivity index (χ3n) is 3.33. The topological polar surface area (TPSA) is 61.6 Å². The smallest absolute Gasteiger partial charge is 0.232 e. The molecule has 1 aliphatic rings. The quantitative estimate of drug-likeness (QED) is 0.812. The zero-order valence-corrected chi connectivity index (χ0v) is 9.48. The van der Waals surface area contributed by atoms with Crippen LogP contribution in [0.25, 0.3) is 0 Å². The van der Waals surface area contributed by atoms with Gasteiger partial charge in [-0.1, -0.05) is 6.92 Å². The van der Waals surface area contributed by atoms with Crippen molar-refractivity contribution < 1.29 is 0 Å². The van der Waals surface area contributed by atoms with Crippen LogP contribution in [0.15, 0.2) is 12.3 Å². The van der Waals surface area contributed by atoms with Crippen molar-refractivity contribution in [1.82, 2.24) is 15.3 Å². The fourth-order valence-electron chi connectivity index (χ4n) is 2.27. The molecule has 0 radical (unpaired) electrons. The minimum Gasteiger partial charge on any atom is -0.317 e. The van der Waals surface area contributed by atoms with Crippen molar-refractivity contribution in [3.8, 4) is 6.07 Å². The molecular weight excluding hydrogens is 200 g/mol. The zero-order chi connectivity index (χ0) is 11.4. The summed E-state index contributed by atoms with van der Waals surface area (Å²) < 4.78 is 0. The largest absolute Gasteiger partial charge is 0.317 e. The Hall–Kier alpha value is -1.47. The van der Waals surface area contributed by atoms with Gasteiger partial charge in [-0.2, -0.15) is 5.26 Å². The van der Waals surface area contributed by atoms with Crippen LogP contribution in [0.1, 0.15) is 37.2 Å². The monoisotopic (exact) mass is 216 g/mol. The van der Waals surface area contributed by atoms with Gasteiger partial charge >= 0.3 is 0 Å². The van der Waals surface area contributed by atoms with Crippen LogP contribution in [0.5, 0.6) is 0 Å². The lowest BCUT2D eigenvalue weighted by molar-refractivity contribution is 0.326. The number of nitrogens with one attached hydrogen (secondary N) is 1.